The lowest BCUT2D eigenvalue weighted by Gasteiger charge is -2.27. The van der Waals surface area contributed by atoms with E-state index in [0.717, 1.165) is 21.7 Å². The third kappa shape index (κ3) is 4.79. The number of amides is 2. The Balaban J connectivity index is 1.95. The summed E-state index contributed by atoms with van der Waals surface area (Å²) in [4.78, 5) is 24.8. The van der Waals surface area contributed by atoms with Gasteiger partial charge < -0.3 is 25.0 Å². The molecule has 2 atom stereocenters. The van der Waals surface area contributed by atoms with E-state index in [2.05, 4.69) is 5.32 Å². The number of aliphatic hydroxyl groups is 1. The van der Waals surface area contributed by atoms with Crippen LogP contribution in [-0.4, -0.2) is 65.8 Å². The second-order valence-electron chi connectivity index (χ2n) is 7.56. The molecule has 2 aromatic rings. The molecule has 3 rings (SSSR count). The van der Waals surface area contributed by atoms with Crippen molar-refractivity contribution >= 4 is 34.3 Å². The lowest BCUT2D eigenvalue weighted by atomic mass is 10.1. The number of aryl methyl sites for hydroxylation is 1. The van der Waals surface area contributed by atoms with Crippen molar-refractivity contribution in [3.05, 3.63) is 47.3 Å². The van der Waals surface area contributed by atoms with Gasteiger partial charge in [-0.05, 0) is 18.2 Å². The highest BCUT2D eigenvalue weighted by Gasteiger charge is 2.41. The first-order valence-electron chi connectivity index (χ1n) is 9.72. The van der Waals surface area contributed by atoms with Crippen LogP contribution in [0.1, 0.15) is 22.5 Å². The second kappa shape index (κ2) is 9.89. The number of aromatic nitrogens is 1. The summed E-state index contributed by atoms with van der Waals surface area (Å²) in [6.45, 7) is -1.10. The number of hydrogen-bond acceptors (Lipinski definition) is 5. The van der Waals surface area contributed by atoms with Crippen molar-refractivity contribution in [2.75, 3.05) is 29.3 Å². The Labute approximate surface area is 192 Å². The highest BCUT2D eigenvalue weighted by atomic mass is 32.2. The molecular weight excluding hydrogens is 488 g/mol. The van der Waals surface area contributed by atoms with E-state index in [1.165, 1.54) is 7.05 Å². The summed E-state index contributed by atoms with van der Waals surface area (Å²) in [6, 6.07) is 1.25. The van der Waals surface area contributed by atoms with Crippen LogP contribution in [0.2, 0.25) is 0 Å². The Morgan fingerprint density at radius 3 is 2.50 bits per heavy atom. The van der Waals surface area contributed by atoms with Crippen molar-refractivity contribution in [1.82, 2.24) is 9.47 Å². The van der Waals surface area contributed by atoms with Gasteiger partial charge in [-0.3, -0.25) is 9.10 Å². The Morgan fingerprint density at radius 2 is 1.94 bits per heavy atom. The van der Waals surface area contributed by atoms with Gasteiger partial charge >= 0.3 is 6.09 Å². The van der Waals surface area contributed by atoms with E-state index >= 15 is 4.39 Å². The maximum Gasteiger partial charge on any atom is 0.407 e. The molecule has 2 unspecified atom stereocenters. The lowest BCUT2D eigenvalue weighted by Crippen LogP contribution is -2.42. The second-order valence-corrected chi connectivity index (χ2v) is 8.47. The van der Waals surface area contributed by atoms with Gasteiger partial charge in [0.2, 0.25) is 10.9 Å². The smallest absolute Gasteiger partial charge is 0.407 e. The molecular formula is C19H20F4N4O6S. The zero-order chi connectivity index (χ0) is 25.3. The van der Waals surface area contributed by atoms with Gasteiger partial charge in [0.1, 0.15) is 17.2 Å². The van der Waals surface area contributed by atoms with E-state index in [1.54, 1.807) is 0 Å². The van der Waals surface area contributed by atoms with Gasteiger partial charge in [0.25, 0.3) is 12.3 Å². The van der Waals surface area contributed by atoms with Crippen molar-refractivity contribution in [3.63, 3.8) is 0 Å². The molecule has 2 amide bonds. The summed E-state index contributed by atoms with van der Waals surface area (Å²) in [6.07, 6.45) is -3.52. The van der Waals surface area contributed by atoms with Gasteiger partial charge in [-0.1, -0.05) is 0 Å². The minimum atomic E-state index is -3.53. The summed E-state index contributed by atoms with van der Waals surface area (Å²) in [5, 5.41) is 20.9. The van der Waals surface area contributed by atoms with Crippen molar-refractivity contribution in [2.45, 2.75) is 12.5 Å². The normalized spacial score (nSPS) is 18.1. The molecule has 0 spiro atoms. The van der Waals surface area contributed by atoms with Gasteiger partial charge in [0, 0.05) is 44.5 Å². The lowest BCUT2D eigenvalue weighted by molar-refractivity contribution is 0.101. The van der Waals surface area contributed by atoms with Crippen LogP contribution >= 0.6 is 0 Å². The van der Waals surface area contributed by atoms with Gasteiger partial charge in [-0.2, -0.15) is 0 Å². The number of carbonyl (C=O) groups is 2. The standard InChI is InChI=1S/C19H20F4N4O6S/c1-25-6-14(27(34(32)33)13-7-26(19(30)31)5-9(13)8-28)15(21)16(25)18(29)24-10-2-3-12(20)11(4-10)17(22)23/h2-4,6,9,13,17,28,34H,5,7-8H2,1H3,(H,24,29)(H,30,31). The molecule has 0 bridgehead atoms. The van der Waals surface area contributed by atoms with E-state index in [9.17, 15) is 41.4 Å². The number of carboxylic acid groups (broad SMARTS) is 1. The number of likely N-dealkylation sites (tertiary alicyclic amines) is 1. The molecule has 0 aliphatic carbocycles. The van der Waals surface area contributed by atoms with Crippen molar-refractivity contribution in [2.24, 2.45) is 13.0 Å². The number of benzene rings is 1. The minimum absolute atomic E-state index is 0.186. The molecule has 1 aliphatic rings. The molecule has 15 heteroatoms. The Morgan fingerprint density at radius 1 is 1.26 bits per heavy atom. The molecule has 34 heavy (non-hydrogen) atoms. The van der Waals surface area contributed by atoms with Crippen molar-refractivity contribution in [1.29, 1.82) is 0 Å². The van der Waals surface area contributed by atoms with Crippen LogP contribution in [0.15, 0.2) is 24.4 Å². The van der Waals surface area contributed by atoms with Crippen LogP contribution in [-0.2, 0) is 17.9 Å². The van der Waals surface area contributed by atoms with Crippen LogP contribution in [0.5, 0.6) is 0 Å². The van der Waals surface area contributed by atoms with Crippen molar-refractivity contribution < 1.29 is 45.8 Å². The molecule has 10 nitrogen and oxygen atoms in total. The monoisotopic (exact) mass is 508 g/mol. The van der Waals surface area contributed by atoms with E-state index in [0.29, 0.717) is 16.4 Å². The van der Waals surface area contributed by atoms with Gasteiger partial charge in [0.15, 0.2) is 5.82 Å². The third-order valence-electron chi connectivity index (χ3n) is 5.45. The number of nitrogens with zero attached hydrogens (tertiary/aromatic N) is 3. The number of rotatable bonds is 7. The molecule has 3 N–H and O–H groups in total. The number of anilines is 2. The van der Waals surface area contributed by atoms with E-state index in [4.69, 9.17) is 0 Å². The van der Waals surface area contributed by atoms with Gasteiger partial charge in [0.05, 0.1) is 11.6 Å². The maximum atomic E-state index is 15.3. The highest BCUT2D eigenvalue weighted by molar-refractivity contribution is 7.74. The van der Waals surface area contributed by atoms with E-state index in [-0.39, 0.29) is 18.8 Å². The number of nitrogens with one attached hydrogen (secondary N) is 1. The first-order valence-corrected chi connectivity index (χ1v) is 10.8. The van der Waals surface area contributed by atoms with Gasteiger partial charge in [-0.25, -0.2) is 30.8 Å². The van der Waals surface area contributed by atoms with Crippen LogP contribution in [0.25, 0.3) is 0 Å². The molecule has 1 aromatic carbocycles. The topological polar surface area (TPSA) is 132 Å². The van der Waals surface area contributed by atoms with Crippen LogP contribution in [0.3, 0.4) is 0 Å². The first-order chi connectivity index (χ1) is 16.0. The summed E-state index contributed by atoms with van der Waals surface area (Å²) in [7, 11) is -2.30. The molecule has 1 fully saturated rings. The molecule has 0 radical (unpaired) electrons. The zero-order valence-corrected chi connectivity index (χ0v) is 18.4. The summed E-state index contributed by atoms with van der Waals surface area (Å²) >= 11 is 0. The number of carbonyl (C=O) groups excluding carboxylic acids is 1. The zero-order valence-electron chi connectivity index (χ0n) is 17.5. The summed E-state index contributed by atoms with van der Waals surface area (Å²) in [5.74, 6) is -4.45. The van der Waals surface area contributed by atoms with Gasteiger partial charge in [-0.15, -0.1) is 0 Å². The van der Waals surface area contributed by atoms with E-state index < -0.39 is 76.5 Å². The average Bonchev–Trinajstić information content (AvgIpc) is 3.30. The molecule has 186 valence electrons. The Hall–Kier alpha value is -3.33. The number of halogens is 4. The predicted octanol–water partition coefficient (Wildman–Crippen LogP) is 1.80. The maximum absolute atomic E-state index is 15.3. The first kappa shape index (κ1) is 25.3. The van der Waals surface area contributed by atoms with Crippen LogP contribution in [0, 0.1) is 17.6 Å². The average molecular weight is 508 g/mol. The minimum Gasteiger partial charge on any atom is -0.465 e. The fraction of sp³-hybridized carbons (Fsp3) is 0.368. The molecule has 1 saturated heterocycles. The largest absolute Gasteiger partial charge is 0.465 e. The highest BCUT2D eigenvalue weighted by Crippen LogP contribution is 2.32. The quantitative estimate of drug-likeness (QED) is 0.333. The van der Waals surface area contributed by atoms with E-state index in [1.807, 2.05) is 0 Å². The Bertz CT molecular complexity index is 1180. The SMILES string of the molecule is Cn1cc(N(C2CN(C(=O)O)CC2CO)[SH](=O)=O)c(F)c1C(=O)Nc1ccc(F)c(C(F)F)c1. The predicted molar refractivity (Wildman–Crippen MR) is 111 cm³/mol. The molecule has 2 heterocycles. The number of hydrogen-bond donors (Lipinski definition) is 4. The van der Waals surface area contributed by atoms with Crippen LogP contribution < -0.4 is 9.62 Å². The Kier molecular flexibility index (Phi) is 7.35. The number of alkyl halides is 2. The van der Waals surface area contributed by atoms with Crippen LogP contribution in [0.4, 0.5) is 33.7 Å². The molecule has 1 aromatic heterocycles. The fourth-order valence-corrected chi connectivity index (χ4v) is 4.65. The summed E-state index contributed by atoms with van der Waals surface area (Å²) < 4.78 is 80.2. The molecule has 0 saturated carbocycles. The molecule has 1 aliphatic heterocycles. The third-order valence-corrected chi connectivity index (χ3v) is 6.32. The van der Waals surface area contributed by atoms with Crippen molar-refractivity contribution in [3.8, 4) is 0 Å². The number of aliphatic hydroxyl groups excluding tert-OH is 1. The number of thiol groups is 1. The fourth-order valence-electron chi connectivity index (χ4n) is 3.83. The summed E-state index contributed by atoms with van der Waals surface area (Å²) in [5.41, 5.74) is -2.44.